The summed E-state index contributed by atoms with van der Waals surface area (Å²) in [5.74, 6) is 0. The van der Waals surface area contributed by atoms with Crippen LogP contribution in [-0.4, -0.2) is 7.85 Å². The van der Waals surface area contributed by atoms with E-state index in [9.17, 15) is 0 Å². The normalized spacial score (nSPS) is 15.8. The molecule has 0 aliphatic heterocycles. The van der Waals surface area contributed by atoms with Crippen LogP contribution < -0.4 is 0 Å². The number of fused-ring (bicyclic) bond motifs is 3. The van der Waals surface area contributed by atoms with Crippen LogP contribution in [0.15, 0.2) is 48.5 Å². The van der Waals surface area contributed by atoms with E-state index < -0.39 is 0 Å². The van der Waals surface area contributed by atoms with Crippen LogP contribution in [-0.2, 0) is 5.31 Å². The molecule has 1 heteroatoms. The molecule has 70 valence electrons. The van der Waals surface area contributed by atoms with E-state index in [1.165, 1.54) is 22.3 Å². The van der Waals surface area contributed by atoms with Gasteiger partial charge in [0.1, 0.15) is 0 Å². The first kappa shape index (κ1) is 8.78. The summed E-state index contributed by atoms with van der Waals surface area (Å²) >= 11 is 0. The Morgan fingerprint density at radius 3 is 1.67 bits per heavy atom. The van der Waals surface area contributed by atoms with Crippen LogP contribution in [0.25, 0.3) is 11.1 Å². The number of rotatable bonds is 0. The Kier molecular flexibility index (Phi) is 1.61. The van der Waals surface area contributed by atoms with Gasteiger partial charge in [0.25, 0.3) is 0 Å². The van der Waals surface area contributed by atoms with E-state index in [0.29, 0.717) is 0 Å². The molecular weight excluding hydrogens is 179 g/mol. The second-order valence-corrected chi connectivity index (χ2v) is 4.29. The smallest absolute Gasteiger partial charge is 0.0619 e. The van der Waals surface area contributed by atoms with Crippen molar-refractivity contribution >= 4 is 7.85 Å². The van der Waals surface area contributed by atoms with Gasteiger partial charge in [-0.1, -0.05) is 55.5 Å². The first-order valence-corrected chi connectivity index (χ1v) is 5.19. The zero-order chi connectivity index (χ0) is 10.5. The third-order valence-electron chi connectivity index (χ3n) is 3.26. The maximum atomic E-state index is 6.40. The fourth-order valence-electron chi connectivity index (χ4n) is 2.49. The van der Waals surface area contributed by atoms with Crippen molar-refractivity contribution in [3.8, 4) is 11.1 Å². The van der Waals surface area contributed by atoms with Crippen molar-refractivity contribution in [2.45, 2.75) is 12.2 Å². The highest BCUT2D eigenvalue weighted by Gasteiger charge is 2.33. The molecule has 0 spiro atoms. The molecular formula is C14H11B. The summed E-state index contributed by atoms with van der Waals surface area (Å²) < 4.78 is 0. The van der Waals surface area contributed by atoms with Crippen LogP contribution in [0, 0.1) is 0 Å². The minimum atomic E-state index is -0.340. The second-order valence-electron chi connectivity index (χ2n) is 4.29. The summed E-state index contributed by atoms with van der Waals surface area (Å²) in [5, 5.41) is -0.340. The molecule has 0 bridgehead atoms. The minimum Gasteiger partial charge on any atom is -0.0619 e. The van der Waals surface area contributed by atoms with E-state index in [2.05, 4.69) is 55.5 Å². The fourth-order valence-corrected chi connectivity index (χ4v) is 2.49. The van der Waals surface area contributed by atoms with E-state index in [0.717, 1.165) is 0 Å². The van der Waals surface area contributed by atoms with Gasteiger partial charge < -0.3 is 0 Å². The second kappa shape index (κ2) is 2.76. The lowest BCUT2D eigenvalue weighted by Crippen LogP contribution is -2.20. The highest BCUT2D eigenvalue weighted by Crippen LogP contribution is 2.46. The highest BCUT2D eigenvalue weighted by atomic mass is 14.3. The molecule has 0 nitrogen and oxygen atoms in total. The Labute approximate surface area is 91.4 Å². The molecule has 2 aromatic rings. The first-order chi connectivity index (χ1) is 7.21. The van der Waals surface area contributed by atoms with Gasteiger partial charge in [-0.3, -0.25) is 0 Å². The molecule has 2 radical (unpaired) electrons. The molecule has 0 unspecified atom stereocenters. The van der Waals surface area contributed by atoms with E-state index >= 15 is 0 Å². The predicted molar refractivity (Wildman–Crippen MR) is 64.1 cm³/mol. The SMILES string of the molecule is [B]C1(C)c2ccccc2-c2ccccc21. The minimum absolute atomic E-state index is 0.340. The van der Waals surface area contributed by atoms with E-state index in [-0.39, 0.29) is 5.31 Å². The van der Waals surface area contributed by atoms with Crippen LogP contribution >= 0.6 is 0 Å². The van der Waals surface area contributed by atoms with E-state index in [4.69, 9.17) is 7.85 Å². The van der Waals surface area contributed by atoms with Gasteiger partial charge >= 0.3 is 0 Å². The van der Waals surface area contributed by atoms with Crippen molar-refractivity contribution in [2.75, 3.05) is 0 Å². The Hall–Kier alpha value is -1.50. The van der Waals surface area contributed by atoms with Crippen molar-refractivity contribution in [1.82, 2.24) is 0 Å². The van der Waals surface area contributed by atoms with Gasteiger partial charge in [-0.05, 0) is 27.6 Å². The molecule has 0 heterocycles. The number of benzene rings is 2. The molecule has 15 heavy (non-hydrogen) atoms. The summed E-state index contributed by atoms with van der Waals surface area (Å²) in [6.45, 7) is 2.08. The zero-order valence-electron chi connectivity index (χ0n) is 8.70. The number of hydrogen-bond acceptors (Lipinski definition) is 0. The van der Waals surface area contributed by atoms with Gasteiger partial charge in [-0.25, -0.2) is 0 Å². The molecule has 3 rings (SSSR count). The zero-order valence-corrected chi connectivity index (χ0v) is 8.70. The largest absolute Gasteiger partial charge is 0.0871 e. The summed E-state index contributed by atoms with van der Waals surface area (Å²) in [6, 6.07) is 16.8. The van der Waals surface area contributed by atoms with Crippen molar-refractivity contribution in [3.05, 3.63) is 59.7 Å². The lowest BCUT2D eigenvalue weighted by molar-refractivity contribution is 0.849. The topological polar surface area (TPSA) is 0 Å². The fraction of sp³-hybridized carbons (Fsp3) is 0.143. The van der Waals surface area contributed by atoms with Crippen LogP contribution in [0.5, 0.6) is 0 Å². The van der Waals surface area contributed by atoms with Gasteiger partial charge in [0.15, 0.2) is 0 Å². The Morgan fingerprint density at radius 1 is 0.800 bits per heavy atom. The van der Waals surface area contributed by atoms with Crippen molar-refractivity contribution in [1.29, 1.82) is 0 Å². The average molecular weight is 190 g/mol. The number of hydrogen-bond donors (Lipinski definition) is 0. The van der Waals surface area contributed by atoms with Crippen molar-refractivity contribution in [2.24, 2.45) is 0 Å². The third kappa shape index (κ3) is 1.04. The molecule has 2 aromatic carbocycles. The third-order valence-corrected chi connectivity index (χ3v) is 3.26. The molecule has 0 atom stereocenters. The maximum absolute atomic E-state index is 6.40. The molecule has 0 N–H and O–H groups in total. The lowest BCUT2D eigenvalue weighted by atomic mass is 9.64. The monoisotopic (exact) mass is 190 g/mol. The van der Waals surface area contributed by atoms with Gasteiger partial charge in [0.05, 0.1) is 7.85 Å². The van der Waals surface area contributed by atoms with Gasteiger partial charge in [-0.2, -0.15) is 0 Å². The maximum Gasteiger partial charge on any atom is 0.0871 e. The summed E-state index contributed by atoms with van der Waals surface area (Å²) in [4.78, 5) is 0. The van der Waals surface area contributed by atoms with Gasteiger partial charge in [-0.15, -0.1) is 0 Å². The summed E-state index contributed by atoms with van der Waals surface area (Å²) in [7, 11) is 6.40. The molecule has 1 aliphatic rings. The predicted octanol–water partition coefficient (Wildman–Crippen LogP) is 3.10. The molecule has 1 aliphatic carbocycles. The molecule has 0 aromatic heterocycles. The Bertz CT molecular complexity index is 479. The van der Waals surface area contributed by atoms with Gasteiger partial charge in [0, 0.05) is 0 Å². The molecule has 0 saturated carbocycles. The van der Waals surface area contributed by atoms with E-state index in [1.54, 1.807) is 0 Å². The van der Waals surface area contributed by atoms with E-state index in [1.807, 2.05) is 0 Å². The van der Waals surface area contributed by atoms with Crippen LogP contribution in [0.2, 0.25) is 0 Å². The lowest BCUT2D eigenvalue weighted by Gasteiger charge is -2.21. The van der Waals surface area contributed by atoms with Gasteiger partial charge in [0.2, 0.25) is 0 Å². The quantitative estimate of drug-likeness (QED) is 0.560. The molecule has 0 fully saturated rings. The highest BCUT2D eigenvalue weighted by molar-refractivity contribution is 6.21. The molecule has 0 saturated heterocycles. The van der Waals surface area contributed by atoms with Crippen LogP contribution in [0.3, 0.4) is 0 Å². The Balaban J connectivity index is 2.42. The van der Waals surface area contributed by atoms with Crippen molar-refractivity contribution < 1.29 is 0 Å². The Morgan fingerprint density at radius 2 is 1.20 bits per heavy atom. The standard InChI is InChI=1S/C14H11B/c1-14(15)12-8-4-2-6-10(12)11-7-3-5-9-13(11)14/h2-9H,1H3. The average Bonchev–Trinajstić information content (AvgIpc) is 2.51. The summed E-state index contributed by atoms with van der Waals surface area (Å²) in [5.41, 5.74) is 5.01. The van der Waals surface area contributed by atoms with Crippen LogP contribution in [0.1, 0.15) is 18.1 Å². The van der Waals surface area contributed by atoms with Crippen LogP contribution in [0.4, 0.5) is 0 Å². The first-order valence-electron chi connectivity index (χ1n) is 5.19. The summed E-state index contributed by atoms with van der Waals surface area (Å²) in [6.07, 6.45) is 0. The van der Waals surface area contributed by atoms with Crippen molar-refractivity contribution in [3.63, 3.8) is 0 Å². The molecule has 0 amide bonds.